The number of carbonyl (C=O) groups excluding carboxylic acids is 1. The number of benzene rings is 2. The van der Waals surface area contributed by atoms with Crippen molar-refractivity contribution in [3.63, 3.8) is 0 Å². The molecule has 0 N–H and O–H groups in total. The Morgan fingerprint density at radius 2 is 1.89 bits per heavy atom. The van der Waals surface area contributed by atoms with Crippen LogP contribution in [0.3, 0.4) is 0 Å². The van der Waals surface area contributed by atoms with Crippen LogP contribution < -0.4 is 0 Å². The Labute approximate surface area is 163 Å². The van der Waals surface area contributed by atoms with Gasteiger partial charge in [0.05, 0.1) is 0 Å². The Kier molecular flexibility index (Phi) is 4.94. The summed E-state index contributed by atoms with van der Waals surface area (Å²) in [4.78, 5) is 19.1. The van der Waals surface area contributed by atoms with Gasteiger partial charge < -0.3 is 9.42 Å². The van der Waals surface area contributed by atoms with Gasteiger partial charge in [-0.25, -0.2) is 0 Å². The van der Waals surface area contributed by atoms with Crippen LogP contribution in [0.1, 0.15) is 40.6 Å². The van der Waals surface area contributed by atoms with Crippen LogP contribution in [0.4, 0.5) is 0 Å². The molecule has 1 aromatic heterocycles. The van der Waals surface area contributed by atoms with Gasteiger partial charge in [0, 0.05) is 35.2 Å². The zero-order valence-corrected chi connectivity index (χ0v) is 15.8. The molecule has 0 spiro atoms. The van der Waals surface area contributed by atoms with Crippen molar-refractivity contribution in [2.45, 2.75) is 25.7 Å². The molecule has 4 rings (SSSR count). The zero-order chi connectivity index (χ0) is 18.8. The maximum atomic E-state index is 12.6. The quantitative estimate of drug-likeness (QED) is 0.658. The number of rotatable bonds is 3. The second-order valence-electron chi connectivity index (χ2n) is 6.90. The highest BCUT2D eigenvalue weighted by atomic mass is 35.5. The average Bonchev–Trinajstić information content (AvgIpc) is 3.18. The first-order valence-electron chi connectivity index (χ1n) is 9.05. The summed E-state index contributed by atoms with van der Waals surface area (Å²) in [6.07, 6.45) is 1.61. The summed E-state index contributed by atoms with van der Waals surface area (Å²) in [7, 11) is 0. The minimum absolute atomic E-state index is 0.0156. The van der Waals surface area contributed by atoms with Gasteiger partial charge >= 0.3 is 0 Å². The van der Waals surface area contributed by atoms with Gasteiger partial charge in [-0.05, 0) is 38.0 Å². The molecule has 0 saturated carbocycles. The number of hydrogen-bond donors (Lipinski definition) is 0. The molecular formula is C21H20ClN3O2. The second kappa shape index (κ2) is 7.53. The third-order valence-corrected chi connectivity index (χ3v) is 5.19. The lowest BCUT2D eigenvalue weighted by Gasteiger charge is -2.30. The highest BCUT2D eigenvalue weighted by Gasteiger charge is 2.28. The van der Waals surface area contributed by atoms with Crippen molar-refractivity contribution < 1.29 is 9.32 Å². The summed E-state index contributed by atoms with van der Waals surface area (Å²) < 4.78 is 5.50. The van der Waals surface area contributed by atoms with Crippen molar-refractivity contribution in [2.24, 2.45) is 0 Å². The molecule has 1 saturated heterocycles. The normalized spacial score (nSPS) is 15.1. The Morgan fingerprint density at radius 1 is 1.15 bits per heavy atom. The van der Waals surface area contributed by atoms with Crippen molar-refractivity contribution in [3.05, 3.63) is 70.6 Å². The number of amides is 1. The molecule has 27 heavy (non-hydrogen) atoms. The Balaban J connectivity index is 1.41. The van der Waals surface area contributed by atoms with Crippen molar-refractivity contribution >= 4 is 17.5 Å². The molecule has 0 atom stereocenters. The summed E-state index contributed by atoms with van der Waals surface area (Å²) in [6, 6.07) is 15.1. The molecule has 0 radical (unpaired) electrons. The first kappa shape index (κ1) is 17.7. The van der Waals surface area contributed by atoms with Crippen LogP contribution in [-0.2, 0) is 0 Å². The van der Waals surface area contributed by atoms with Gasteiger partial charge in [-0.1, -0.05) is 52.7 Å². The van der Waals surface area contributed by atoms with E-state index in [2.05, 4.69) is 10.1 Å². The largest absolute Gasteiger partial charge is 0.339 e. The molecule has 0 bridgehead atoms. The lowest BCUT2D eigenvalue weighted by Crippen LogP contribution is -2.38. The van der Waals surface area contributed by atoms with Crippen LogP contribution in [0.15, 0.2) is 53.1 Å². The van der Waals surface area contributed by atoms with Crippen molar-refractivity contribution in [1.82, 2.24) is 15.0 Å². The van der Waals surface area contributed by atoms with Crippen LogP contribution in [-0.4, -0.2) is 34.0 Å². The lowest BCUT2D eigenvalue weighted by atomic mass is 9.96. The third-order valence-electron chi connectivity index (χ3n) is 4.95. The predicted octanol–water partition coefficient (Wildman–Crippen LogP) is 4.72. The van der Waals surface area contributed by atoms with Crippen LogP contribution in [0.2, 0.25) is 5.02 Å². The maximum Gasteiger partial charge on any atom is 0.253 e. The number of aromatic nitrogens is 2. The number of likely N-dealkylation sites (tertiary alicyclic amines) is 1. The fourth-order valence-electron chi connectivity index (χ4n) is 3.35. The first-order chi connectivity index (χ1) is 13.1. The standard InChI is InChI=1S/C21H20ClN3O2/c1-14-5-7-15(8-6-14)19-23-20(27-24-19)16-9-11-25(12-10-16)21(26)17-3-2-4-18(22)13-17/h2-8,13,16H,9-12H2,1H3. The highest BCUT2D eigenvalue weighted by molar-refractivity contribution is 6.30. The Bertz CT molecular complexity index is 944. The molecule has 2 heterocycles. The van der Waals surface area contributed by atoms with Gasteiger partial charge in [-0.2, -0.15) is 4.98 Å². The van der Waals surface area contributed by atoms with Crippen LogP contribution in [0, 0.1) is 6.92 Å². The summed E-state index contributed by atoms with van der Waals surface area (Å²) in [5.41, 5.74) is 2.77. The molecule has 2 aromatic carbocycles. The summed E-state index contributed by atoms with van der Waals surface area (Å²) in [5.74, 6) is 1.46. The average molecular weight is 382 g/mol. The molecule has 0 aliphatic carbocycles. The van der Waals surface area contributed by atoms with Gasteiger partial charge in [-0.3, -0.25) is 4.79 Å². The monoisotopic (exact) mass is 381 g/mol. The smallest absolute Gasteiger partial charge is 0.253 e. The summed E-state index contributed by atoms with van der Waals surface area (Å²) in [6.45, 7) is 3.38. The number of nitrogens with zero attached hydrogens (tertiary/aromatic N) is 3. The number of aryl methyl sites for hydroxylation is 1. The van der Waals surface area contributed by atoms with E-state index in [0.717, 1.165) is 18.4 Å². The van der Waals surface area contributed by atoms with E-state index in [1.807, 2.05) is 36.1 Å². The minimum atomic E-state index is 0.0156. The molecule has 5 nitrogen and oxygen atoms in total. The fourth-order valence-corrected chi connectivity index (χ4v) is 3.54. The fraction of sp³-hybridized carbons (Fsp3) is 0.286. The van der Waals surface area contributed by atoms with Gasteiger partial charge in [0.2, 0.25) is 11.7 Å². The minimum Gasteiger partial charge on any atom is -0.339 e. The van der Waals surface area contributed by atoms with Gasteiger partial charge in [0.15, 0.2) is 0 Å². The number of piperidine rings is 1. The Morgan fingerprint density at radius 3 is 2.59 bits per heavy atom. The van der Waals surface area contributed by atoms with Crippen molar-refractivity contribution in [3.8, 4) is 11.4 Å². The molecule has 1 aliphatic heterocycles. The molecular weight excluding hydrogens is 362 g/mol. The van der Waals surface area contributed by atoms with E-state index in [0.29, 0.717) is 35.4 Å². The topological polar surface area (TPSA) is 59.2 Å². The van der Waals surface area contributed by atoms with Gasteiger partial charge in [0.1, 0.15) is 0 Å². The van der Waals surface area contributed by atoms with E-state index in [1.165, 1.54) is 5.56 Å². The van der Waals surface area contributed by atoms with Crippen LogP contribution >= 0.6 is 11.6 Å². The third kappa shape index (κ3) is 3.88. The maximum absolute atomic E-state index is 12.6. The number of carbonyl (C=O) groups is 1. The number of hydrogen-bond acceptors (Lipinski definition) is 4. The van der Waals surface area contributed by atoms with Gasteiger partial charge in [-0.15, -0.1) is 0 Å². The molecule has 0 unspecified atom stereocenters. The molecule has 1 aliphatic rings. The molecule has 6 heteroatoms. The zero-order valence-electron chi connectivity index (χ0n) is 15.1. The summed E-state index contributed by atoms with van der Waals surface area (Å²) >= 11 is 5.99. The van der Waals surface area contributed by atoms with Crippen molar-refractivity contribution in [2.75, 3.05) is 13.1 Å². The molecule has 3 aromatic rings. The van der Waals surface area contributed by atoms with E-state index < -0.39 is 0 Å². The van der Waals surface area contributed by atoms with Crippen molar-refractivity contribution in [1.29, 1.82) is 0 Å². The van der Waals surface area contributed by atoms with E-state index >= 15 is 0 Å². The van der Waals surface area contributed by atoms with E-state index in [1.54, 1.807) is 24.3 Å². The number of halogens is 1. The van der Waals surface area contributed by atoms with Crippen LogP contribution in [0.25, 0.3) is 11.4 Å². The lowest BCUT2D eigenvalue weighted by molar-refractivity contribution is 0.0704. The Hall–Kier alpha value is -2.66. The second-order valence-corrected chi connectivity index (χ2v) is 7.34. The highest BCUT2D eigenvalue weighted by Crippen LogP contribution is 2.29. The summed E-state index contributed by atoms with van der Waals surface area (Å²) in [5, 5.41) is 4.70. The molecule has 1 fully saturated rings. The van der Waals surface area contributed by atoms with E-state index in [-0.39, 0.29) is 11.8 Å². The predicted molar refractivity (Wildman–Crippen MR) is 104 cm³/mol. The SMILES string of the molecule is Cc1ccc(-c2noc(C3CCN(C(=O)c4cccc(Cl)c4)CC3)n2)cc1. The first-order valence-corrected chi connectivity index (χ1v) is 9.43. The molecule has 138 valence electrons. The van der Waals surface area contributed by atoms with E-state index in [9.17, 15) is 4.79 Å². The molecule has 1 amide bonds. The van der Waals surface area contributed by atoms with Crippen LogP contribution in [0.5, 0.6) is 0 Å². The van der Waals surface area contributed by atoms with E-state index in [4.69, 9.17) is 16.1 Å². The van der Waals surface area contributed by atoms with Gasteiger partial charge in [0.25, 0.3) is 5.91 Å².